The number of carboxylic acid groups (broad SMARTS) is 1. The molecule has 0 bridgehead atoms. The van der Waals surface area contributed by atoms with Gasteiger partial charge in [-0.25, -0.2) is 0 Å². The van der Waals surface area contributed by atoms with Gasteiger partial charge in [-0.1, -0.05) is 19.4 Å². The van der Waals surface area contributed by atoms with Crippen LogP contribution < -0.4 is 5.32 Å². The molecular formula is C15H21NO3. The minimum atomic E-state index is -0.827. The normalized spacial score (nSPS) is 11.9. The molecule has 1 rings (SSSR count). The van der Waals surface area contributed by atoms with Crippen LogP contribution in [0.5, 0.6) is 0 Å². The average Bonchev–Trinajstić information content (AvgIpc) is 2.36. The molecule has 1 atom stereocenters. The molecule has 1 aromatic carbocycles. The van der Waals surface area contributed by atoms with Crippen molar-refractivity contribution in [3.63, 3.8) is 0 Å². The van der Waals surface area contributed by atoms with Crippen LogP contribution in [0, 0.1) is 19.8 Å². The zero-order valence-electron chi connectivity index (χ0n) is 11.7. The van der Waals surface area contributed by atoms with Crippen LogP contribution in [-0.2, 0) is 4.79 Å². The monoisotopic (exact) mass is 263 g/mol. The number of rotatable bonds is 6. The summed E-state index contributed by atoms with van der Waals surface area (Å²) < 4.78 is 0. The van der Waals surface area contributed by atoms with E-state index in [4.69, 9.17) is 5.11 Å². The van der Waals surface area contributed by atoms with Crippen LogP contribution in [0.3, 0.4) is 0 Å². The molecule has 19 heavy (non-hydrogen) atoms. The summed E-state index contributed by atoms with van der Waals surface area (Å²) in [5.41, 5.74) is 2.84. The van der Waals surface area contributed by atoms with Crippen molar-refractivity contribution in [1.82, 2.24) is 5.32 Å². The number of carboxylic acids is 1. The van der Waals surface area contributed by atoms with Gasteiger partial charge in [0, 0.05) is 18.5 Å². The van der Waals surface area contributed by atoms with Crippen LogP contribution in [0.1, 0.15) is 41.3 Å². The minimum absolute atomic E-state index is 0.0204. The Hall–Kier alpha value is -1.84. The Morgan fingerprint density at radius 2 is 1.95 bits per heavy atom. The lowest BCUT2D eigenvalue weighted by molar-refractivity contribution is -0.138. The van der Waals surface area contributed by atoms with Crippen LogP contribution in [0.25, 0.3) is 0 Å². The molecule has 0 saturated heterocycles. The van der Waals surface area contributed by atoms with E-state index in [9.17, 15) is 9.59 Å². The highest BCUT2D eigenvalue weighted by Gasteiger charge is 2.13. The van der Waals surface area contributed by atoms with Crippen molar-refractivity contribution >= 4 is 11.9 Å². The molecule has 0 saturated carbocycles. The summed E-state index contributed by atoms with van der Waals surface area (Å²) in [6.07, 6.45) is 0.823. The standard InChI is InChI=1S/C15H21NO3/c1-4-12(8-14(17)18)9-16-15(19)13-6-5-10(2)11(3)7-13/h5-7,12H,4,8-9H2,1-3H3,(H,16,19)(H,17,18). The summed E-state index contributed by atoms with van der Waals surface area (Å²) in [5.74, 6) is -0.993. The van der Waals surface area contributed by atoms with E-state index in [1.807, 2.05) is 32.9 Å². The van der Waals surface area contributed by atoms with Gasteiger partial charge in [-0.15, -0.1) is 0 Å². The number of amides is 1. The summed E-state index contributed by atoms with van der Waals surface area (Å²) >= 11 is 0. The number of nitrogens with one attached hydrogen (secondary N) is 1. The van der Waals surface area contributed by atoms with Crippen molar-refractivity contribution in [2.24, 2.45) is 5.92 Å². The first-order valence-electron chi connectivity index (χ1n) is 6.51. The fourth-order valence-electron chi connectivity index (χ4n) is 1.83. The van der Waals surface area contributed by atoms with Gasteiger partial charge in [0.2, 0.25) is 0 Å². The number of benzene rings is 1. The van der Waals surface area contributed by atoms with E-state index < -0.39 is 5.97 Å². The van der Waals surface area contributed by atoms with E-state index in [1.165, 1.54) is 0 Å². The van der Waals surface area contributed by atoms with Crippen molar-refractivity contribution in [3.8, 4) is 0 Å². The topological polar surface area (TPSA) is 66.4 Å². The number of hydrogen-bond donors (Lipinski definition) is 2. The predicted molar refractivity (Wildman–Crippen MR) is 74.3 cm³/mol. The molecule has 0 heterocycles. The summed E-state index contributed by atoms with van der Waals surface area (Å²) in [6.45, 7) is 6.28. The van der Waals surface area contributed by atoms with Gasteiger partial charge in [0.05, 0.1) is 0 Å². The zero-order valence-corrected chi connectivity index (χ0v) is 11.7. The molecule has 0 aliphatic carbocycles. The van der Waals surface area contributed by atoms with Gasteiger partial charge in [-0.3, -0.25) is 9.59 Å². The van der Waals surface area contributed by atoms with Gasteiger partial charge < -0.3 is 10.4 Å². The van der Waals surface area contributed by atoms with Gasteiger partial charge in [-0.05, 0) is 43.0 Å². The molecule has 1 amide bonds. The lowest BCUT2D eigenvalue weighted by Gasteiger charge is -2.13. The van der Waals surface area contributed by atoms with Crippen molar-refractivity contribution in [1.29, 1.82) is 0 Å². The summed E-state index contributed by atoms with van der Waals surface area (Å²) in [4.78, 5) is 22.6. The lowest BCUT2D eigenvalue weighted by Crippen LogP contribution is -2.30. The van der Waals surface area contributed by atoms with Gasteiger partial charge in [-0.2, -0.15) is 0 Å². The Morgan fingerprint density at radius 3 is 2.47 bits per heavy atom. The Kier molecular flexibility index (Phi) is 5.55. The Morgan fingerprint density at radius 1 is 1.26 bits per heavy atom. The molecule has 1 unspecified atom stereocenters. The van der Waals surface area contributed by atoms with Crippen LogP contribution in [0.2, 0.25) is 0 Å². The smallest absolute Gasteiger partial charge is 0.303 e. The maximum absolute atomic E-state index is 12.0. The van der Waals surface area contributed by atoms with Gasteiger partial charge in [0.15, 0.2) is 0 Å². The first kappa shape index (κ1) is 15.2. The molecule has 0 fully saturated rings. The molecular weight excluding hydrogens is 242 g/mol. The molecule has 0 radical (unpaired) electrons. The molecule has 0 spiro atoms. The fourth-order valence-corrected chi connectivity index (χ4v) is 1.83. The van der Waals surface area contributed by atoms with E-state index in [-0.39, 0.29) is 18.2 Å². The minimum Gasteiger partial charge on any atom is -0.481 e. The maximum atomic E-state index is 12.0. The Bertz CT molecular complexity index is 468. The molecule has 4 nitrogen and oxygen atoms in total. The molecule has 0 aromatic heterocycles. The first-order chi connectivity index (χ1) is 8.93. The van der Waals surface area contributed by atoms with Crippen molar-refractivity contribution < 1.29 is 14.7 Å². The number of hydrogen-bond acceptors (Lipinski definition) is 2. The molecule has 0 aliphatic heterocycles. The largest absolute Gasteiger partial charge is 0.481 e. The van der Waals surface area contributed by atoms with Crippen molar-refractivity contribution in [2.45, 2.75) is 33.6 Å². The SMILES string of the molecule is CCC(CNC(=O)c1ccc(C)c(C)c1)CC(=O)O. The Balaban J connectivity index is 2.59. The van der Waals surface area contributed by atoms with E-state index in [0.29, 0.717) is 12.1 Å². The van der Waals surface area contributed by atoms with E-state index in [1.54, 1.807) is 6.07 Å². The number of aliphatic carboxylic acids is 1. The molecule has 2 N–H and O–H groups in total. The summed E-state index contributed by atoms with van der Waals surface area (Å²) in [7, 11) is 0. The second kappa shape index (κ2) is 6.92. The fraction of sp³-hybridized carbons (Fsp3) is 0.467. The van der Waals surface area contributed by atoms with Crippen LogP contribution >= 0.6 is 0 Å². The highest BCUT2D eigenvalue weighted by atomic mass is 16.4. The lowest BCUT2D eigenvalue weighted by atomic mass is 10.0. The van der Waals surface area contributed by atoms with Gasteiger partial charge >= 0.3 is 5.97 Å². The summed E-state index contributed by atoms with van der Waals surface area (Å²) in [5, 5.41) is 11.6. The summed E-state index contributed by atoms with van der Waals surface area (Å²) in [6, 6.07) is 5.55. The molecule has 4 heteroatoms. The van der Waals surface area contributed by atoms with Crippen molar-refractivity contribution in [3.05, 3.63) is 34.9 Å². The molecule has 1 aromatic rings. The second-order valence-corrected chi connectivity index (χ2v) is 4.88. The van der Waals surface area contributed by atoms with E-state index in [2.05, 4.69) is 5.32 Å². The average molecular weight is 263 g/mol. The van der Waals surface area contributed by atoms with Crippen LogP contribution in [0.15, 0.2) is 18.2 Å². The van der Waals surface area contributed by atoms with Crippen molar-refractivity contribution in [2.75, 3.05) is 6.54 Å². The maximum Gasteiger partial charge on any atom is 0.303 e. The quantitative estimate of drug-likeness (QED) is 0.828. The highest BCUT2D eigenvalue weighted by Crippen LogP contribution is 2.11. The molecule has 0 aliphatic rings. The molecule has 104 valence electrons. The third-order valence-corrected chi connectivity index (χ3v) is 3.36. The second-order valence-electron chi connectivity index (χ2n) is 4.88. The number of carbonyl (C=O) groups is 2. The number of aryl methyl sites for hydroxylation is 2. The van der Waals surface area contributed by atoms with Crippen LogP contribution in [-0.4, -0.2) is 23.5 Å². The zero-order chi connectivity index (χ0) is 14.4. The highest BCUT2D eigenvalue weighted by molar-refractivity contribution is 5.94. The van der Waals surface area contributed by atoms with Gasteiger partial charge in [0.1, 0.15) is 0 Å². The Labute approximate surface area is 113 Å². The third kappa shape index (κ3) is 4.73. The van der Waals surface area contributed by atoms with Crippen LogP contribution in [0.4, 0.5) is 0 Å². The third-order valence-electron chi connectivity index (χ3n) is 3.36. The predicted octanol–water partition coefficient (Wildman–Crippen LogP) is 2.53. The van der Waals surface area contributed by atoms with Gasteiger partial charge in [0.25, 0.3) is 5.91 Å². The van der Waals surface area contributed by atoms with E-state index >= 15 is 0 Å². The number of carbonyl (C=O) groups excluding carboxylic acids is 1. The first-order valence-corrected chi connectivity index (χ1v) is 6.51. The van der Waals surface area contributed by atoms with E-state index in [0.717, 1.165) is 17.5 Å².